The van der Waals surface area contributed by atoms with E-state index in [1.165, 1.54) is 46.1 Å². The number of carbonyl (C=O) groups is 2. The highest BCUT2D eigenvalue weighted by Crippen LogP contribution is 2.38. The van der Waals surface area contributed by atoms with Crippen LogP contribution in [0, 0.1) is 5.41 Å². The van der Waals surface area contributed by atoms with Crippen molar-refractivity contribution >= 4 is 40.5 Å². The molecule has 0 bridgehead atoms. The van der Waals surface area contributed by atoms with Crippen LogP contribution in [0.25, 0.3) is 0 Å². The number of alkyl halides is 3. The van der Waals surface area contributed by atoms with Gasteiger partial charge in [0.15, 0.2) is 4.80 Å². The summed E-state index contributed by atoms with van der Waals surface area (Å²) >= 11 is 6.98. The van der Waals surface area contributed by atoms with E-state index in [-0.39, 0.29) is 39.6 Å². The molecule has 0 atom stereocenters. The van der Waals surface area contributed by atoms with E-state index in [1.54, 1.807) is 25.4 Å². The third-order valence-corrected chi connectivity index (χ3v) is 6.54. The molecule has 0 unspecified atom stereocenters. The van der Waals surface area contributed by atoms with Gasteiger partial charge in [-0.25, -0.2) is 14.8 Å². The first-order chi connectivity index (χ1) is 18.8. The van der Waals surface area contributed by atoms with Crippen LogP contribution in [-0.2, 0) is 12.7 Å². The third kappa shape index (κ3) is 6.32. The molecule has 14 heteroatoms. The van der Waals surface area contributed by atoms with Crippen LogP contribution in [0.3, 0.4) is 0 Å². The number of aromatic carboxylic acids is 1. The molecule has 0 aliphatic heterocycles. The number of pyridine rings is 2. The lowest BCUT2D eigenvalue weighted by molar-refractivity contribution is -0.138. The molecule has 0 spiro atoms. The topological polar surface area (TPSA) is 121 Å². The molecule has 40 heavy (non-hydrogen) atoms. The first kappa shape index (κ1) is 28.8. The minimum atomic E-state index is -4.83. The monoisotopic (exact) mass is 591 g/mol. The van der Waals surface area contributed by atoms with E-state index in [1.807, 2.05) is 0 Å². The number of hydrogen-bond donors (Lipinski definition) is 2. The number of hydrogen-bond acceptors (Lipinski definition) is 7. The maximum atomic E-state index is 13.9. The highest BCUT2D eigenvalue weighted by molar-refractivity contribution is 7.06. The van der Waals surface area contributed by atoms with Crippen LogP contribution >= 0.6 is 22.9 Å². The molecule has 1 amide bonds. The maximum absolute atomic E-state index is 13.9. The van der Waals surface area contributed by atoms with Gasteiger partial charge in [0.1, 0.15) is 17.0 Å². The number of anilines is 1. The minimum absolute atomic E-state index is 0.00189. The summed E-state index contributed by atoms with van der Waals surface area (Å²) in [6.07, 6.45) is -0.777. The van der Waals surface area contributed by atoms with E-state index in [9.17, 15) is 27.9 Å². The summed E-state index contributed by atoms with van der Waals surface area (Å²) in [6, 6.07) is 6.78. The van der Waals surface area contributed by atoms with Gasteiger partial charge in [0.25, 0.3) is 5.91 Å². The van der Waals surface area contributed by atoms with Crippen LogP contribution in [0.2, 0.25) is 5.02 Å². The zero-order chi connectivity index (χ0) is 29.2. The summed E-state index contributed by atoms with van der Waals surface area (Å²) in [4.78, 5) is 34.6. The van der Waals surface area contributed by atoms with Gasteiger partial charge in [-0.1, -0.05) is 11.6 Å². The SMILES string of the molecule is CC(C)N(C(=O)c1ccc(Cl)cn1)c1ccc(Oc2ncc(Cn3ccsc3=N)cc2C(F)(F)F)cc1C(=O)O. The predicted octanol–water partition coefficient (Wildman–Crippen LogP) is 6.09. The number of amides is 1. The van der Waals surface area contributed by atoms with E-state index < -0.39 is 35.5 Å². The quantitative estimate of drug-likeness (QED) is 0.256. The highest BCUT2D eigenvalue weighted by atomic mass is 35.5. The fourth-order valence-corrected chi connectivity index (χ4v) is 4.52. The molecule has 0 saturated heterocycles. The highest BCUT2D eigenvalue weighted by Gasteiger charge is 2.36. The van der Waals surface area contributed by atoms with E-state index in [2.05, 4.69) is 9.97 Å². The number of thiazole rings is 1. The average Bonchev–Trinajstić information content (AvgIpc) is 3.29. The van der Waals surface area contributed by atoms with Gasteiger partial charge < -0.3 is 19.3 Å². The normalized spacial score (nSPS) is 11.5. The molecule has 3 aromatic heterocycles. The minimum Gasteiger partial charge on any atom is -0.478 e. The lowest BCUT2D eigenvalue weighted by Gasteiger charge is -2.28. The van der Waals surface area contributed by atoms with Gasteiger partial charge in [0.2, 0.25) is 5.88 Å². The van der Waals surface area contributed by atoms with E-state index in [4.69, 9.17) is 21.7 Å². The lowest BCUT2D eigenvalue weighted by Crippen LogP contribution is -2.38. The first-order valence-corrected chi connectivity index (χ1v) is 12.9. The molecule has 9 nitrogen and oxygen atoms in total. The Bertz CT molecular complexity index is 1620. The van der Waals surface area contributed by atoms with Crippen molar-refractivity contribution in [3.8, 4) is 11.6 Å². The fourth-order valence-electron chi connectivity index (χ4n) is 3.81. The standard InChI is InChI=1S/C26H21ClF3N5O4S/c1-14(2)35(23(36)20-5-3-16(27)12-32-20)21-6-4-17(10-18(21)24(37)38)39-22-19(26(28,29)30)9-15(11-33-22)13-34-7-8-40-25(34)31/h3-12,14,31H,13H2,1-2H3,(H,37,38). The van der Waals surface area contributed by atoms with Crippen molar-refractivity contribution in [1.82, 2.24) is 14.5 Å². The molecule has 0 saturated carbocycles. The Hall–Kier alpha value is -4.23. The van der Waals surface area contributed by atoms with Crippen molar-refractivity contribution < 1.29 is 32.6 Å². The van der Waals surface area contributed by atoms with Gasteiger partial charge in [0.05, 0.1) is 22.8 Å². The Morgan fingerprint density at radius 2 is 1.93 bits per heavy atom. The van der Waals surface area contributed by atoms with Crippen LogP contribution in [0.1, 0.15) is 45.8 Å². The molecule has 208 valence electrons. The number of ether oxygens (including phenoxy) is 1. The zero-order valence-corrected chi connectivity index (χ0v) is 22.5. The number of benzene rings is 1. The average molecular weight is 592 g/mol. The maximum Gasteiger partial charge on any atom is 0.421 e. The van der Waals surface area contributed by atoms with Gasteiger partial charge >= 0.3 is 12.1 Å². The van der Waals surface area contributed by atoms with Crippen molar-refractivity contribution in [2.24, 2.45) is 0 Å². The van der Waals surface area contributed by atoms with Crippen molar-refractivity contribution in [3.63, 3.8) is 0 Å². The summed E-state index contributed by atoms with van der Waals surface area (Å²) in [5.74, 6) is -3.03. The second kappa shape index (κ2) is 11.5. The summed E-state index contributed by atoms with van der Waals surface area (Å²) in [6.45, 7) is 3.34. The second-order valence-corrected chi connectivity index (χ2v) is 10.1. The summed E-state index contributed by atoms with van der Waals surface area (Å²) in [5.41, 5.74) is -1.33. The Morgan fingerprint density at radius 1 is 1.18 bits per heavy atom. The molecule has 0 radical (unpaired) electrons. The van der Waals surface area contributed by atoms with Crippen LogP contribution in [0.4, 0.5) is 18.9 Å². The lowest BCUT2D eigenvalue weighted by atomic mass is 10.1. The van der Waals surface area contributed by atoms with Crippen LogP contribution in [0.15, 0.2) is 60.4 Å². The third-order valence-electron chi connectivity index (χ3n) is 5.60. The molecule has 4 rings (SSSR count). The number of carbonyl (C=O) groups excluding carboxylic acids is 1. The molecular weight excluding hydrogens is 571 g/mol. The molecular formula is C26H21ClF3N5O4S. The predicted molar refractivity (Wildman–Crippen MR) is 141 cm³/mol. The first-order valence-electron chi connectivity index (χ1n) is 11.6. The molecule has 4 aromatic rings. The number of nitrogens with zero attached hydrogens (tertiary/aromatic N) is 4. The molecule has 0 aliphatic carbocycles. The van der Waals surface area contributed by atoms with Crippen molar-refractivity contribution in [2.45, 2.75) is 32.6 Å². The van der Waals surface area contributed by atoms with Crippen LogP contribution in [0.5, 0.6) is 11.6 Å². The zero-order valence-electron chi connectivity index (χ0n) is 20.9. The van der Waals surface area contributed by atoms with Crippen molar-refractivity contribution in [3.05, 3.63) is 92.6 Å². The largest absolute Gasteiger partial charge is 0.478 e. The molecule has 0 aliphatic rings. The van der Waals surface area contributed by atoms with Crippen LogP contribution in [-0.4, -0.2) is 37.6 Å². The van der Waals surface area contributed by atoms with E-state index >= 15 is 0 Å². The number of halogens is 4. The van der Waals surface area contributed by atoms with Gasteiger partial charge in [-0.05, 0) is 55.8 Å². The number of carboxylic acids is 1. The summed E-state index contributed by atoms with van der Waals surface area (Å²) in [5, 5.41) is 19.7. The van der Waals surface area contributed by atoms with Crippen molar-refractivity contribution in [1.29, 1.82) is 5.41 Å². The second-order valence-electron chi connectivity index (χ2n) is 8.75. The number of aromatic nitrogens is 3. The van der Waals surface area contributed by atoms with Crippen molar-refractivity contribution in [2.75, 3.05) is 4.90 Å². The van der Waals surface area contributed by atoms with Crippen LogP contribution < -0.4 is 14.4 Å². The smallest absolute Gasteiger partial charge is 0.421 e. The fraction of sp³-hybridized carbons (Fsp3) is 0.192. The summed E-state index contributed by atoms with van der Waals surface area (Å²) < 4.78 is 48.6. The summed E-state index contributed by atoms with van der Waals surface area (Å²) in [7, 11) is 0. The van der Waals surface area contributed by atoms with Gasteiger partial charge in [-0.3, -0.25) is 10.2 Å². The molecule has 2 N–H and O–H groups in total. The Balaban J connectivity index is 1.70. The van der Waals surface area contributed by atoms with Gasteiger partial charge in [-0.2, -0.15) is 13.2 Å². The number of rotatable bonds is 8. The Morgan fingerprint density at radius 3 is 2.50 bits per heavy atom. The van der Waals surface area contributed by atoms with Gasteiger partial charge in [0, 0.05) is 30.0 Å². The van der Waals surface area contributed by atoms with E-state index in [0.29, 0.717) is 5.02 Å². The van der Waals surface area contributed by atoms with E-state index in [0.717, 1.165) is 23.5 Å². The molecule has 3 heterocycles. The molecule has 1 aromatic carbocycles. The Labute approximate surface area is 234 Å². The Kier molecular flexibility index (Phi) is 8.26. The number of carboxylic acid groups (broad SMARTS) is 1. The number of nitrogens with one attached hydrogen (secondary N) is 1. The molecule has 0 fully saturated rings. The van der Waals surface area contributed by atoms with Gasteiger partial charge in [-0.15, -0.1) is 11.3 Å².